The minimum absolute atomic E-state index is 0.0855. The molecule has 0 saturated heterocycles. The highest BCUT2D eigenvalue weighted by atomic mass is 19.1. The Morgan fingerprint density at radius 2 is 1.67 bits per heavy atom. The van der Waals surface area contributed by atoms with Gasteiger partial charge in [0.15, 0.2) is 5.78 Å². The summed E-state index contributed by atoms with van der Waals surface area (Å²) < 4.78 is 23.4. The van der Waals surface area contributed by atoms with Gasteiger partial charge in [0.2, 0.25) is 0 Å². The summed E-state index contributed by atoms with van der Waals surface area (Å²) in [5, 5.41) is 0. The number of hydrogen-bond acceptors (Lipinski definition) is 3. The number of Topliss-reactive ketones (excluding diaryl/α,β-unsaturated/α-hetero) is 1. The van der Waals surface area contributed by atoms with Crippen molar-refractivity contribution in [2.45, 2.75) is 12.5 Å². The Morgan fingerprint density at radius 3 is 2.19 bits per heavy atom. The molecule has 2 aromatic carbocycles. The first-order valence-corrected chi connectivity index (χ1v) is 6.59. The number of carbonyl (C=O) groups excluding carboxylic acids is 1. The van der Waals surface area contributed by atoms with Gasteiger partial charge in [0.1, 0.15) is 11.6 Å². The van der Waals surface area contributed by atoms with Crippen LogP contribution in [-0.4, -0.2) is 20.0 Å². The molecule has 1 atom stereocenters. The first-order chi connectivity index (χ1) is 10.1. The van der Waals surface area contributed by atoms with E-state index in [2.05, 4.69) is 0 Å². The maximum Gasteiger partial charge on any atom is 0.165 e. The second kappa shape index (κ2) is 6.99. The van der Waals surface area contributed by atoms with Crippen LogP contribution in [0.25, 0.3) is 0 Å². The molecule has 0 bridgehead atoms. The predicted octanol–water partition coefficient (Wildman–Crippen LogP) is 3.79. The van der Waals surface area contributed by atoms with E-state index in [0.717, 1.165) is 11.3 Å². The SMILES string of the molecule is COc1ccc(C(CC(=O)c2ccc(F)cc2)OC)cc1. The van der Waals surface area contributed by atoms with Gasteiger partial charge in [0.05, 0.1) is 13.2 Å². The summed E-state index contributed by atoms with van der Waals surface area (Å²) in [5.41, 5.74) is 1.38. The zero-order valence-corrected chi connectivity index (χ0v) is 12.0. The Balaban J connectivity index is 2.10. The van der Waals surface area contributed by atoms with Gasteiger partial charge in [-0.3, -0.25) is 4.79 Å². The van der Waals surface area contributed by atoms with Crippen molar-refractivity contribution in [3.63, 3.8) is 0 Å². The van der Waals surface area contributed by atoms with Crippen LogP contribution in [0.5, 0.6) is 5.75 Å². The second-order valence-electron chi connectivity index (χ2n) is 4.63. The van der Waals surface area contributed by atoms with Crippen molar-refractivity contribution in [2.24, 2.45) is 0 Å². The first-order valence-electron chi connectivity index (χ1n) is 6.59. The van der Waals surface area contributed by atoms with Gasteiger partial charge in [-0.1, -0.05) is 12.1 Å². The highest BCUT2D eigenvalue weighted by Gasteiger charge is 2.17. The molecule has 0 heterocycles. The van der Waals surface area contributed by atoms with Crippen LogP contribution in [0.15, 0.2) is 48.5 Å². The Labute approximate surface area is 123 Å². The van der Waals surface area contributed by atoms with E-state index in [1.54, 1.807) is 14.2 Å². The fraction of sp³-hybridized carbons (Fsp3) is 0.235. The Morgan fingerprint density at radius 1 is 1.05 bits per heavy atom. The Hall–Kier alpha value is -2.20. The summed E-state index contributed by atoms with van der Waals surface area (Å²) in [5.74, 6) is 0.307. The largest absolute Gasteiger partial charge is 0.497 e. The van der Waals surface area contributed by atoms with Gasteiger partial charge in [-0.05, 0) is 42.0 Å². The Bertz CT molecular complexity index is 590. The number of benzene rings is 2. The smallest absolute Gasteiger partial charge is 0.165 e. The average Bonchev–Trinajstić information content (AvgIpc) is 2.53. The third kappa shape index (κ3) is 3.89. The van der Waals surface area contributed by atoms with Crippen molar-refractivity contribution in [3.05, 3.63) is 65.5 Å². The molecule has 4 heteroatoms. The summed E-state index contributed by atoms with van der Waals surface area (Å²) in [4.78, 5) is 12.2. The number of methoxy groups -OCH3 is 2. The maximum absolute atomic E-state index is 12.9. The van der Waals surface area contributed by atoms with E-state index < -0.39 is 0 Å². The summed E-state index contributed by atoms with van der Waals surface area (Å²) >= 11 is 0. The van der Waals surface area contributed by atoms with E-state index >= 15 is 0 Å². The van der Waals surface area contributed by atoms with E-state index in [1.165, 1.54) is 24.3 Å². The van der Waals surface area contributed by atoms with Gasteiger partial charge in [0, 0.05) is 19.1 Å². The molecule has 0 radical (unpaired) electrons. The molecule has 2 aromatic rings. The van der Waals surface area contributed by atoms with E-state index in [4.69, 9.17) is 9.47 Å². The molecule has 0 fully saturated rings. The highest BCUT2D eigenvalue weighted by molar-refractivity contribution is 5.96. The number of carbonyl (C=O) groups is 1. The molecule has 0 aliphatic carbocycles. The fourth-order valence-electron chi connectivity index (χ4n) is 2.08. The van der Waals surface area contributed by atoms with Crippen LogP contribution >= 0.6 is 0 Å². The second-order valence-corrected chi connectivity index (χ2v) is 4.63. The monoisotopic (exact) mass is 288 g/mol. The normalized spacial score (nSPS) is 12.0. The lowest BCUT2D eigenvalue weighted by molar-refractivity contribution is 0.0730. The van der Waals surface area contributed by atoms with Gasteiger partial charge in [-0.2, -0.15) is 0 Å². The molecular weight excluding hydrogens is 271 g/mol. The van der Waals surface area contributed by atoms with Crippen molar-refractivity contribution in [1.82, 2.24) is 0 Å². The van der Waals surface area contributed by atoms with Crippen LogP contribution in [0.3, 0.4) is 0 Å². The molecule has 0 spiro atoms. The van der Waals surface area contributed by atoms with E-state index in [-0.39, 0.29) is 24.1 Å². The van der Waals surface area contributed by atoms with Gasteiger partial charge < -0.3 is 9.47 Å². The molecule has 0 amide bonds. The molecule has 21 heavy (non-hydrogen) atoms. The first kappa shape index (κ1) is 15.2. The van der Waals surface area contributed by atoms with Crippen molar-refractivity contribution in [3.8, 4) is 5.75 Å². The van der Waals surface area contributed by atoms with E-state index in [9.17, 15) is 9.18 Å². The van der Waals surface area contributed by atoms with Gasteiger partial charge in [0.25, 0.3) is 0 Å². The molecule has 110 valence electrons. The molecule has 2 rings (SSSR count). The van der Waals surface area contributed by atoms with Crippen molar-refractivity contribution >= 4 is 5.78 Å². The number of hydrogen-bond donors (Lipinski definition) is 0. The zero-order valence-electron chi connectivity index (χ0n) is 12.0. The lowest BCUT2D eigenvalue weighted by Gasteiger charge is -2.15. The predicted molar refractivity (Wildman–Crippen MR) is 78.1 cm³/mol. The third-order valence-corrected chi connectivity index (χ3v) is 3.31. The highest BCUT2D eigenvalue weighted by Crippen LogP contribution is 2.24. The quantitative estimate of drug-likeness (QED) is 0.759. The number of ether oxygens (including phenoxy) is 2. The third-order valence-electron chi connectivity index (χ3n) is 3.31. The lowest BCUT2D eigenvalue weighted by atomic mass is 10.00. The van der Waals surface area contributed by atoms with Crippen molar-refractivity contribution in [2.75, 3.05) is 14.2 Å². The van der Waals surface area contributed by atoms with Crippen molar-refractivity contribution < 1.29 is 18.7 Å². The molecule has 0 aliphatic heterocycles. The topological polar surface area (TPSA) is 35.5 Å². The molecular formula is C17H17FO3. The van der Waals surface area contributed by atoms with Crippen LogP contribution in [0.1, 0.15) is 28.4 Å². The van der Waals surface area contributed by atoms with E-state index in [1.807, 2.05) is 24.3 Å². The summed E-state index contributed by atoms with van der Waals surface area (Å²) in [7, 11) is 3.16. The molecule has 0 N–H and O–H groups in total. The minimum Gasteiger partial charge on any atom is -0.497 e. The zero-order chi connectivity index (χ0) is 15.2. The van der Waals surface area contributed by atoms with Crippen LogP contribution < -0.4 is 4.74 Å². The summed E-state index contributed by atoms with van der Waals surface area (Å²) in [6.07, 6.45) is -0.137. The lowest BCUT2D eigenvalue weighted by Crippen LogP contribution is -2.09. The Kier molecular flexibility index (Phi) is 5.06. The number of rotatable bonds is 6. The van der Waals surface area contributed by atoms with Crippen LogP contribution in [-0.2, 0) is 4.74 Å². The van der Waals surface area contributed by atoms with Gasteiger partial charge in [-0.15, -0.1) is 0 Å². The number of halogens is 1. The minimum atomic E-state index is -0.356. The molecule has 3 nitrogen and oxygen atoms in total. The van der Waals surface area contributed by atoms with Crippen molar-refractivity contribution in [1.29, 1.82) is 0 Å². The molecule has 0 saturated carbocycles. The summed E-state index contributed by atoms with van der Waals surface area (Å²) in [6, 6.07) is 12.9. The molecule has 0 aliphatic rings. The average molecular weight is 288 g/mol. The standard InChI is InChI=1S/C17H17FO3/c1-20-15-9-5-13(6-10-15)17(21-2)11-16(19)12-3-7-14(18)8-4-12/h3-10,17H,11H2,1-2H3. The molecule has 0 aromatic heterocycles. The van der Waals surface area contributed by atoms with Gasteiger partial charge >= 0.3 is 0 Å². The molecule has 1 unspecified atom stereocenters. The van der Waals surface area contributed by atoms with Crippen LogP contribution in [0.4, 0.5) is 4.39 Å². The number of ketones is 1. The van der Waals surface area contributed by atoms with Gasteiger partial charge in [-0.25, -0.2) is 4.39 Å². The van der Waals surface area contributed by atoms with E-state index in [0.29, 0.717) is 5.56 Å². The maximum atomic E-state index is 12.9. The fourth-order valence-corrected chi connectivity index (χ4v) is 2.08. The van der Waals surface area contributed by atoms with Crippen LogP contribution in [0, 0.1) is 5.82 Å². The van der Waals surface area contributed by atoms with Crippen LogP contribution in [0.2, 0.25) is 0 Å². The summed E-state index contributed by atoms with van der Waals surface area (Å²) in [6.45, 7) is 0.